The molecular weight excluding hydrogens is 173 g/mol. The highest BCUT2D eigenvalue weighted by molar-refractivity contribution is 5.97. The third-order valence-corrected chi connectivity index (χ3v) is 1.46. The molecule has 0 atom stereocenters. The molecule has 3 N–H and O–H groups in total. The molecule has 0 fully saturated rings. The summed E-state index contributed by atoms with van der Waals surface area (Å²) in [7, 11) is 0. The maximum absolute atomic E-state index is 12.6. The first-order valence-corrected chi connectivity index (χ1v) is 3.84. The minimum Gasteiger partial charge on any atom is -0.370 e. The van der Waals surface area contributed by atoms with Crippen LogP contribution in [0.15, 0.2) is 12.3 Å². The van der Waals surface area contributed by atoms with E-state index in [2.05, 4.69) is 10.3 Å². The van der Waals surface area contributed by atoms with E-state index in [1.165, 1.54) is 0 Å². The van der Waals surface area contributed by atoms with E-state index in [9.17, 15) is 9.18 Å². The number of nitrogens with two attached hydrogens (primary N) is 1. The normalized spacial score (nSPS) is 9.69. The Morgan fingerprint density at radius 3 is 3.00 bits per heavy atom. The van der Waals surface area contributed by atoms with Gasteiger partial charge in [0, 0.05) is 6.54 Å². The summed E-state index contributed by atoms with van der Waals surface area (Å²) in [6.45, 7) is 2.44. The van der Waals surface area contributed by atoms with E-state index >= 15 is 0 Å². The lowest BCUT2D eigenvalue weighted by Gasteiger charge is -2.05. The van der Waals surface area contributed by atoms with Crippen molar-refractivity contribution in [2.45, 2.75) is 6.92 Å². The average molecular weight is 183 g/mol. The molecule has 0 aromatic carbocycles. The van der Waals surface area contributed by atoms with Crippen LogP contribution in [0.5, 0.6) is 0 Å². The number of amides is 1. The summed E-state index contributed by atoms with van der Waals surface area (Å²) in [5, 5.41) is 2.81. The average Bonchev–Trinajstić information content (AvgIpc) is 2.08. The molecule has 13 heavy (non-hydrogen) atoms. The zero-order chi connectivity index (χ0) is 9.84. The van der Waals surface area contributed by atoms with E-state index in [0.29, 0.717) is 12.4 Å². The van der Waals surface area contributed by atoms with Gasteiger partial charge < -0.3 is 11.1 Å². The van der Waals surface area contributed by atoms with Gasteiger partial charge in [0.15, 0.2) is 0 Å². The smallest absolute Gasteiger partial charge is 0.252 e. The first-order chi connectivity index (χ1) is 6.15. The second-order valence-corrected chi connectivity index (χ2v) is 2.44. The number of hydrogen-bond acceptors (Lipinski definition) is 3. The zero-order valence-corrected chi connectivity index (χ0v) is 7.17. The number of nitrogens with zero attached hydrogens (tertiary/aromatic N) is 1. The van der Waals surface area contributed by atoms with E-state index in [0.717, 1.165) is 12.3 Å². The number of rotatable bonds is 3. The predicted molar refractivity (Wildman–Crippen MR) is 46.9 cm³/mol. The number of primary amides is 1. The van der Waals surface area contributed by atoms with Crippen LogP contribution in [0.2, 0.25) is 0 Å². The second kappa shape index (κ2) is 3.84. The van der Waals surface area contributed by atoms with Gasteiger partial charge in [0.25, 0.3) is 5.91 Å². The minimum atomic E-state index is -0.692. The number of aromatic nitrogens is 1. The minimum absolute atomic E-state index is 0.0712. The molecule has 1 aromatic heterocycles. The molecule has 1 aromatic rings. The third kappa shape index (κ3) is 2.14. The molecule has 0 aliphatic heterocycles. The van der Waals surface area contributed by atoms with Gasteiger partial charge in [-0.2, -0.15) is 0 Å². The van der Waals surface area contributed by atoms with E-state index in [1.807, 2.05) is 6.92 Å². The fourth-order valence-electron chi connectivity index (χ4n) is 0.935. The quantitative estimate of drug-likeness (QED) is 0.726. The van der Waals surface area contributed by atoms with E-state index < -0.39 is 11.7 Å². The number of hydrogen-bond donors (Lipinski definition) is 2. The van der Waals surface area contributed by atoms with Gasteiger partial charge in [-0.25, -0.2) is 9.37 Å². The van der Waals surface area contributed by atoms with Gasteiger partial charge in [-0.15, -0.1) is 0 Å². The molecule has 1 rings (SSSR count). The van der Waals surface area contributed by atoms with Gasteiger partial charge in [0.05, 0.1) is 11.8 Å². The second-order valence-electron chi connectivity index (χ2n) is 2.44. The van der Waals surface area contributed by atoms with E-state index in [1.54, 1.807) is 0 Å². The largest absolute Gasteiger partial charge is 0.370 e. The predicted octanol–water partition coefficient (Wildman–Crippen LogP) is 0.751. The number of anilines is 1. The molecular formula is C8H10FN3O. The van der Waals surface area contributed by atoms with Gasteiger partial charge >= 0.3 is 0 Å². The van der Waals surface area contributed by atoms with Crippen molar-refractivity contribution >= 4 is 11.7 Å². The maximum Gasteiger partial charge on any atom is 0.252 e. The summed E-state index contributed by atoms with van der Waals surface area (Å²) in [6, 6.07) is 1.06. The topological polar surface area (TPSA) is 68.0 Å². The lowest BCUT2D eigenvalue weighted by atomic mass is 10.2. The lowest BCUT2D eigenvalue weighted by Crippen LogP contribution is -2.15. The standard InChI is InChI=1S/C8H10FN3O/c1-2-11-8-6(7(10)13)3-5(9)4-12-8/h3-4H,2H2,1H3,(H2,10,13)(H,11,12). The van der Waals surface area contributed by atoms with Crippen molar-refractivity contribution in [2.75, 3.05) is 11.9 Å². The Kier molecular flexibility index (Phi) is 2.79. The van der Waals surface area contributed by atoms with Crippen LogP contribution in [0.25, 0.3) is 0 Å². The van der Waals surface area contributed by atoms with Gasteiger partial charge in [0.1, 0.15) is 11.6 Å². The van der Waals surface area contributed by atoms with Crippen LogP contribution in [-0.4, -0.2) is 17.4 Å². The van der Waals surface area contributed by atoms with Crippen LogP contribution in [0.3, 0.4) is 0 Å². The summed E-state index contributed by atoms with van der Waals surface area (Å²) in [4.78, 5) is 14.5. The fraction of sp³-hybridized carbons (Fsp3) is 0.250. The van der Waals surface area contributed by atoms with Gasteiger partial charge in [-0.1, -0.05) is 0 Å². The molecule has 0 aliphatic carbocycles. The summed E-state index contributed by atoms with van der Waals surface area (Å²) in [6.07, 6.45) is 1.03. The number of carbonyl (C=O) groups is 1. The number of halogens is 1. The first-order valence-electron chi connectivity index (χ1n) is 3.84. The van der Waals surface area contributed by atoms with Crippen molar-refractivity contribution in [3.05, 3.63) is 23.6 Å². The number of pyridine rings is 1. The van der Waals surface area contributed by atoms with Crippen LogP contribution < -0.4 is 11.1 Å². The molecule has 5 heteroatoms. The first kappa shape index (κ1) is 9.44. The molecule has 0 spiro atoms. The van der Waals surface area contributed by atoms with Crippen LogP contribution in [0.4, 0.5) is 10.2 Å². The van der Waals surface area contributed by atoms with Crippen molar-refractivity contribution in [2.24, 2.45) is 5.73 Å². The summed E-state index contributed by atoms with van der Waals surface area (Å²) in [5.74, 6) is -0.949. The Labute approximate surface area is 75.0 Å². The van der Waals surface area contributed by atoms with Crippen molar-refractivity contribution in [3.8, 4) is 0 Å². The number of nitrogens with one attached hydrogen (secondary N) is 1. The number of carbonyl (C=O) groups excluding carboxylic acids is 1. The summed E-state index contributed by atoms with van der Waals surface area (Å²) in [5.41, 5.74) is 5.10. The molecule has 1 heterocycles. The van der Waals surface area contributed by atoms with Crippen molar-refractivity contribution in [3.63, 3.8) is 0 Å². The highest BCUT2D eigenvalue weighted by atomic mass is 19.1. The molecule has 70 valence electrons. The molecule has 4 nitrogen and oxygen atoms in total. The van der Waals surface area contributed by atoms with Gasteiger partial charge in [-0.05, 0) is 13.0 Å². The van der Waals surface area contributed by atoms with Crippen LogP contribution >= 0.6 is 0 Å². The molecule has 0 aliphatic rings. The van der Waals surface area contributed by atoms with Crippen molar-refractivity contribution in [1.29, 1.82) is 0 Å². The Morgan fingerprint density at radius 1 is 1.77 bits per heavy atom. The Hall–Kier alpha value is -1.65. The van der Waals surface area contributed by atoms with Gasteiger partial charge in [-0.3, -0.25) is 4.79 Å². The monoisotopic (exact) mass is 183 g/mol. The van der Waals surface area contributed by atoms with Crippen LogP contribution in [0, 0.1) is 5.82 Å². The SMILES string of the molecule is CCNc1ncc(F)cc1C(N)=O. The van der Waals surface area contributed by atoms with Crippen molar-refractivity contribution < 1.29 is 9.18 Å². The molecule has 0 saturated carbocycles. The van der Waals surface area contributed by atoms with E-state index in [-0.39, 0.29) is 5.56 Å². The molecule has 0 saturated heterocycles. The van der Waals surface area contributed by atoms with Gasteiger partial charge in [0.2, 0.25) is 0 Å². The molecule has 0 radical (unpaired) electrons. The van der Waals surface area contributed by atoms with Crippen LogP contribution in [0.1, 0.15) is 17.3 Å². The maximum atomic E-state index is 12.6. The molecule has 0 bridgehead atoms. The highest BCUT2D eigenvalue weighted by Gasteiger charge is 2.09. The van der Waals surface area contributed by atoms with E-state index in [4.69, 9.17) is 5.73 Å². The zero-order valence-electron chi connectivity index (χ0n) is 7.17. The molecule has 0 unspecified atom stereocenters. The Bertz CT molecular complexity index is 327. The fourth-order valence-corrected chi connectivity index (χ4v) is 0.935. The Morgan fingerprint density at radius 2 is 2.46 bits per heavy atom. The van der Waals surface area contributed by atoms with Crippen molar-refractivity contribution in [1.82, 2.24) is 4.98 Å². The summed E-state index contributed by atoms with van der Waals surface area (Å²) >= 11 is 0. The molecule has 1 amide bonds. The Balaban J connectivity index is 3.10. The lowest BCUT2D eigenvalue weighted by molar-refractivity contribution is 0.100. The third-order valence-electron chi connectivity index (χ3n) is 1.46. The highest BCUT2D eigenvalue weighted by Crippen LogP contribution is 2.12. The van der Waals surface area contributed by atoms with Crippen LogP contribution in [-0.2, 0) is 0 Å². The summed E-state index contributed by atoms with van der Waals surface area (Å²) < 4.78 is 12.6.